The predicted molar refractivity (Wildman–Crippen MR) is 105 cm³/mol. The maximum atomic E-state index is 12.9. The summed E-state index contributed by atoms with van der Waals surface area (Å²) in [6.45, 7) is 1.31. The normalized spacial score (nSPS) is 22.0. The molecule has 1 unspecified atom stereocenters. The van der Waals surface area contributed by atoms with E-state index in [0.717, 1.165) is 5.56 Å². The van der Waals surface area contributed by atoms with Crippen molar-refractivity contribution in [1.29, 1.82) is 0 Å². The zero-order valence-electron chi connectivity index (χ0n) is 15.7. The van der Waals surface area contributed by atoms with Crippen molar-refractivity contribution < 1.29 is 19.1 Å². The Morgan fingerprint density at radius 2 is 1.93 bits per heavy atom. The third kappa shape index (κ3) is 3.31. The summed E-state index contributed by atoms with van der Waals surface area (Å²) in [5.41, 5.74) is 0.181. The molecule has 2 amide bonds. The van der Waals surface area contributed by atoms with Crippen LogP contribution in [0.2, 0.25) is 5.02 Å². The number of rotatable bonds is 2. The van der Waals surface area contributed by atoms with Crippen LogP contribution >= 0.6 is 11.6 Å². The summed E-state index contributed by atoms with van der Waals surface area (Å²) in [5.74, 6) is 0.696. The first-order valence-corrected chi connectivity index (χ1v) is 9.85. The lowest BCUT2D eigenvalue weighted by atomic mass is 9.71. The first-order valence-electron chi connectivity index (χ1n) is 9.47. The number of aliphatic hydroxyl groups excluding tert-OH is 1. The van der Waals surface area contributed by atoms with Crippen LogP contribution in [0.25, 0.3) is 11.3 Å². The summed E-state index contributed by atoms with van der Waals surface area (Å²) in [5, 5.41) is 10.7. The van der Waals surface area contributed by atoms with E-state index in [1.807, 2.05) is 18.2 Å². The van der Waals surface area contributed by atoms with Gasteiger partial charge in [0.05, 0.1) is 16.5 Å². The van der Waals surface area contributed by atoms with E-state index in [1.54, 1.807) is 35.0 Å². The molecular formula is C21H23ClN2O4. The molecule has 6 nitrogen and oxygen atoms in total. The van der Waals surface area contributed by atoms with Crippen molar-refractivity contribution in [2.24, 2.45) is 5.41 Å². The number of carbonyl (C=O) groups excluding carboxylic acids is 2. The van der Waals surface area contributed by atoms with Crippen LogP contribution in [0, 0.1) is 5.41 Å². The molecule has 1 spiro atoms. The maximum absolute atomic E-state index is 12.9. The lowest BCUT2D eigenvalue weighted by Gasteiger charge is -2.46. The van der Waals surface area contributed by atoms with Gasteiger partial charge < -0.3 is 19.3 Å². The summed E-state index contributed by atoms with van der Waals surface area (Å²) in [6, 6.07) is 10.7. The molecule has 2 aliphatic rings. The molecule has 2 fully saturated rings. The van der Waals surface area contributed by atoms with Gasteiger partial charge in [0.15, 0.2) is 5.76 Å². The minimum absolute atomic E-state index is 0.0731. The Morgan fingerprint density at radius 1 is 1.21 bits per heavy atom. The number of carbonyl (C=O) groups is 2. The Balaban J connectivity index is 1.46. The van der Waals surface area contributed by atoms with Crippen LogP contribution in [0.4, 0.5) is 0 Å². The minimum Gasteiger partial charge on any atom is -0.451 e. The molecule has 28 heavy (non-hydrogen) atoms. The molecule has 1 aromatic carbocycles. The highest BCUT2D eigenvalue weighted by Gasteiger charge is 2.48. The van der Waals surface area contributed by atoms with Gasteiger partial charge in [-0.1, -0.05) is 23.7 Å². The van der Waals surface area contributed by atoms with Gasteiger partial charge in [-0.25, -0.2) is 0 Å². The zero-order valence-corrected chi connectivity index (χ0v) is 16.5. The molecule has 2 aromatic rings. The van der Waals surface area contributed by atoms with E-state index >= 15 is 0 Å². The van der Waals surface area contributed by atoms with Gasteiger partial charge in [0.25, 0.3) is 5.91 Å². The smallest absolute Gasteiger partial charge is 0.289 e. The van der Waals surface area contributed by atoms with Crippen molar-refractivity contribution in [1.82, 2.24) is 9.80 Å². The van der Waals surface area contributed by atoms with Gasteiger partial charge in [0.1, 0.15) is 5.76 Å². The van der Waals surface area contributed by atoms with Crippen LogP contribution in [0.15, 0.2) is 40.8 Å². The van der Waals surface area contributed by atoms with E-state index in [9.17, 15) is 14.7 Å². The number of likely N-dealkylation sites (tertiary alicyclic amines) is 2. The van der Waals surface area contributed by atoms with Gasteiger partial charge in [-0.15, -0.1) is 0 Å². The van der Waals surface area contributed by atoms with E-state index in [2.05, 4.69) is 0 Å². The van der Waals surface area contributed by atoms with E-state index in [-0.39, 0.29) is 17.6 Å². The SMILES string of the molecule is CN1CC(O)CC2(CCN(C(=O)c3ccc(-c4ccccc4Cl)o3)CC2)C1=O. The number of nitrogens with zero attached hydrogens (tertiary/aromatic N) is 2. The number of benzene rings is 1. The first-order chi connectivity index (χ1) is 13.4. The number of amides is 2. The van der Waals surface area contributed by atoms with Crippen molar-refractivity contribution in [2.45, 2.75) is 25.4 Å². The van der Waals surface area contributed by atoms with Crippen LogP contribution in [0.1, 0.15) is 29.8 Å². The zero-order chi connectivity index (χ0) is 19.9. The Morgan fingerprint density at radius 3 is 2.64 bits per heavy atom. The first kappa shape index (κ1) is 19.0. The van der Waals surface area contributed by atoms with Crippen LogP contribution in [0.5, 0.6) is 0 Å². The summed E-state index contributed by atoms with van der Waals surface area (Å²) >= 11 is 6.20. The Labute approximate surface area is 168 Å². The van der Waals surface area contributed by atoms with Crippen LogP contribution < -0.4 is 0 Å². The number of halogens is 1. The van der Waals surface area contributed by atoms with Crippen molar-refractivity contribution >= 4 is 23.4 Å². The number of β-amino-alcohol motifs (C(OH)–C–C–N with tert-alkyl or cyclic N) is 1. The summed E-state index contributed by atoms with van der Waals surface area (Å²) < 4.78 is 5.77. The van der Waals surface area contributed by atoms with Gasteiger partial charge in [-0.3, -0.25) is 9.59 Å². The molecule has 1 atom stereocenters. The largest absolute Gasteiger partial charge is 0.451 e. The average molecular weight is 403 g/mol. The third-order valence-electron chi connectivity index (χ3n) is 5.88. The van der Waals surface area contributed by atoms with Gasteiger partial charge >= 0.3 is 0 Å². The fourth-order valence-electron chi connectivity index (χ4n) is 4.38. The molecule has 4 rings (SSSR count). The number of likely N-dealkylation sites (N-methyl/N-ethyl adjacent to an activating group) is 1. The highest BCUT2D eigenvalue weighted by molar-refractivity contribution is 6.33. The van der Waals surface area contributed by atoms with E-state index < -0.39 is 11.5 Å². The molecule has 0 radical (unpaired) electrons. The summed E-state index contributed by atoms with van der Waals surface area (Å²) in [4.78, 5) is 28.9. The quantitative estimate of drug-likeness (QED) is 0.837. The van der Waals surface area contributed by atoms with Crippen molar-refractivity contribution in [3.63, 3.8) is 0 Å². The Hall–Kier alpha value is -2.31. The van der Waals surface area contributed by atoms with Gasteiger partial charge in [-0.05, 0) is 43.5 Å². The van der Waals surface area contributed by atoms with E-state index in [0.29, 0.717) is 49.7 Å². The standard InChI is InChI=1S/C21H23ClN2O4/c1-23-13-14(25)12-21(20(23)27)8-10-24(11-9-21)19(26)18-7-6-17(28-18)15-4-2-3-5-16(15)22/h2-7,14,25H,8-13H2,1H3. The Kier molecular flexibility index (Phi) is 4.93. The van der Waals surface area contributed by atoms with E-state index in [1.165, 1.54) is 0 Å². The van der Waals surface area contributed by atoms with Crippen molar-refractivity contribution in [2.75, 3.05) is 26.7 Å². The number of aliphatic hydroxyl groups is 1. The van der Waals surface area contributed by atoms with Gasteiger partial charge in [0, 0.05) is 32.2 Å². The molecule has 1 aromatic heterocycles. The lowest BCUT2D eigenvalue weighted by Crippen LogP contribution is -2.56. The molecule has 2 saturated heterocycles. The van der Waals surface area contributed by atoms with Crippen LogP contribution in [-0.4, -0.2) is 59.5 Å². The molecule has 2 aliphatic heterocycles. The highest BCUT2D eigenvalue weighted by Crippen LogP contribution is 2.41. The molecule has 0 bridgehead atoms. The van der Waals surface area contributed by atoms with E-state index in [4.69, 9.17) is 16.0 Å². The average Bonchev–Trinajstić information content (AvgIpc) is 3.16. The molecule has 0 aliphatic carbocycles. The second-order valence-electron chi connectivity index (χ2n) is 7.76. The van der Waals surface area contributed by atoms with Gasteiger partial charge in [0.2, 0.25) is 5.91 Å². The second kappa shape index (κ2) is 7.26. The fraction of sp³-hybridized carbons (Fsp3) is 0.429. The number of furan rings is 1. The molecule has 3 heterocycles. The van der Waals surface area contributed by atoms with Crippen LogP contribution in [-0.2, 0) is 4.79 Å². The molecule has 148 valence electrons. The number of hydrogen-bond donors (Lipinski definition) is 1. The van der Waals surface area contributed by atoms with Crippen molar-refractivity contribution in [3.05, 3.63) is 47.2 Å². The molecule has 7 heteroatoms. The topological polar surface area (TPSA) is 74.0 Å². The van der Waals surface area contributed by atoms with Crippen LogP contribution in [0.3, 0.4) is 0 Å². The predicted octanol–water partition coefficient (Wildman–Crippen LogP) is 3.05. The molecule has 0 saturated carbocycles. The third-order valence-corrected chi connectivity index (χ3v) is 6.20. The number of piperidine rings is 2. The van der Waals surface area contributed by atoms with Crippen molar-refractivity contribution in [3.8, 4) is 11.3 Å². The highest BCUT2D eigenvalue weighted by atomic mass is 35.5. The minimum atomic E-state index is -0.560. The summed E-state index contributed by atoms with van der Waals surface area (Å²) in [6.07, 6.45) is 1.07. The summed E-state index contributed by atoms with van der Waals surface area (Å²) in [7, 11) is 1.73. The number of hydrogen-bond acceptors (Lipinski definition) is 4. The Bertz CT molecular complexity index is 901. The maximum Gasteiger partial charge on any atom is 0.289 e. The molecular weight excluding hydrogens is 380 g/mol. The lowest BCUT2D eigenvalue weighted by molar-refractivity contribution is -0.154. The second-order valence-corrected chi connectivity index (χ2v) is 8.17. The fourth-order valence-corrected chi connectivity index (χ4v) is 4.61. The monoisotopic (exact) mass is 402 g/mol. The molecule has 1 N–H and O–H groups in total. The van der Waals surface area contributed by atoms with Gasteiger partial charge in [-0.2, -0.15) is 0 Å².